The van der Waals surface area contributed by atoms with Gasteiger partial charge in [-0.2, -0.15) is 5.10 Å². The topological polar surface area (TPSA) is 93.1 Å². The number of sulfonamides is 1. The summed E-state index contributed by atoms with van der Waals surface area (Å²) in [6.07, 6.45) is 0.438. The molecule has 0 radical (unpaired) electrons. The molecule has 0 saturated heterocycles. The van der Waals surface area contributed by atoms with Crippen LogP contribution < -0.4 is 10.0 Å². The lowest BCUT2D eigenvalue weighted by atomic mass is 10.1. The molecule has 0 aliphatic heterocycles. The van der Waals surface area contributed by atoms with Crippen molar-refractivity contribution in [2.24, 2.45) is 5.92 Å². The zero-order valence-electron chi connectivity index (χ0n) is 18.3. The fraction of sp³-hybridized carbons (Fsp3) is 0.524. The number of anilines is 1. The van der Waals surface area contributed by atoms with E-state index in [4.69, 9.17) is 0 Å². The van der Waals surface area contributed by atoms with E-state index in [2.05, 4.69) is 15.1 Å². The Labute approximate surface area is 173 Å². The van der Waals surface area contributed by atoms with Gasteiger partial charge in [-0.1, -0.05) is 26.0 Å². The number of aromatic nitrogens is 2. The Kier molecular flexibility index (Phi) is 6.90. The molecule has 0 spiro atoms. The van der Waals surface area contributed by atoms with Crippen molar-refractivity contribution in [2.45, 2.75) is 71.9 Å². The Bertz CT molecular complexity index is 986. The highest BCUT2D eigenvalue weighted by atomic mass is 32.2. The number of nitrogens with zero attached hydrogens (tertiary/aromatic N) is 2. The van der Waals surface area contributed by atoms with Gasteiger partial charge in [0, 0.05) is 18.7 Å². The molecule has 160 valence electrons. The molecule has 7 nitrogen and oxygen atoms in total. The summed E-state index contributed by atoms with van der Waals surface area (Å²) in [5.41, 5.74) is 2.18. The first kappa shape index (κ1) is 23.1. The summed E-state index contributed by atoms with van der Waals surface area (Å²) in [5, 5.41) is 7.27. The van der Waals surface area contributed by atoms with Crippen LogP contribution in [-0.4, -0.2) is 24.1 Å². The molecule has 0 bridgehead atoms. The van der Waals surface area contributed by atoms with Crippen LogP contribution in [0.15, 0.2) is 29.2 Å². The van der Waals surface area contributed by atoms with Gasteiger partial charge in [0.15, 0.2) is 0 Å². The van der Waals surface area contributed by atoms with Crippen LogP contribution in [0.3, 0.4) is 0 Å². The largest absolute Gasteiger partial charge is 0.326 e. The number of amides is 1. The van der Waals surface area contributed by atoms with Crippen molar-refractivity contribution >= 4 is 21.6 Å². The Hall–Kier alpha value is -2.19. The Morgan fingerprint density at radius 2 is 1.86 bits per heavy atom. The van der Waals surface area contributed by atoms with Gasteiger partial charge < -0.3 is 5.32 Å². The maximum absolute atomic E-state index is 12.9. The van der Waals surface area contributed by atoms with Crippen LogP contribution >= 0.6 is 0 Å². The number of carbonyl (C=O) groups is 1. The van der Waals surface area contributed by atoms with Gasteiger partial charge in [-0.3, -0.25) is 9.48 Å². The van der Waals surface area contributed by atoms with Gasteiger partial charge in [0.1, 0.15) is 4.90 Å². The Morgan fingerprint density at radius 3 is 2.41 bits per heavy atom. The van der Waals surface area contributed by atoms with Crippen LogP contribution in [0.25, 0.3) is 0 Å². The van der Waals surface area contributed by atoms with Crippen LogP contribution in [0, 0.1) is 19.8 Å². The van der Waals surface area contributed by atoms with Crippen molar-refractivity contribution < 1.29 is 13.2 Å². The molecule has 1 amide bonds. The van der Waals surface area contributed by atoms with Gasteiger partial charge in [-0.25, -0.2) is 13.1 Å². The Morgan fingerprint density at radius 1 is 1.21 bits per heavy atom. The van der Waals surface area contributed by atoms with E-state index in [1.807, 2.05) is 40.7 Å². The molecule has 0 saturated carbocycles. The van der Waals surface area contributed by atoms with Crippen molar-refractivity contribution in [2.75, 3.05) is 5.32 Å². The van der Waals surface area contributed by atoms with Gasteiger partial charge in [-0.05, 0) is 58.2 Å². The number of carbonyl (C=O) groups excluding carboxylic acids is 1. The predicted octanol–water partition coefficient (Wildman–Crippen LogP) is 3.72. The van der Waals surface area contributed by atoms with E-state index in [1.165, 1.54) is 0 Å². The third-order valence-electron chi connectivity index (χ3n) is 4.40. The Balaban J connectivity index is 2.17. The fourth-order valence-electron chi connectivity index (χ4n) is 3.26. The van der Waals surface area contributed by atoms with Gasteiger partial charge in [0.25, 0.3) is 0 Å². The minimum atomic E-state index is -3.73. The van der Waals surface area contributed by atoms with Crippen molar-refractivity contribution in [3.05, 3.63) is 41.2 Å². The van der Waals surface area contributed by atoms with Crippen LogP contribution in [0.4, 0.5) is 5.69 Å². The second kappa shape index (κ2) is 8.67. The molecule has 1 aromatic carbocycles. The molecule has 0 aliphatic rings. The lowest BCUT2D eigenvalue weighted by molar-refractivity contribution is -0.116. The van der Waals surface area contributed by atoms with Crippen molar-refractivity contribution in [3.8, 4) is 0 Å². The van der Waals surface area contributed by atoms with Crippen LogP contribution in [0.1, 0.15) is 58.0 Å². The van der Waals surface area contributed by atoms with E-state index >= 15 is 0 Å². The summed E-state index contributed by atoms with van der Waals surface area (Å²) in [7, 11) is -3.73. The summed E-state index contributed by atoms with van der Waals surface area (Å²) < 4.78 is 30.3. The van der Waals surface area contributed by atoms with Gasteiger partial charge in [0.05, 0.1) is 16.9 Å². The van der Waals surface area contributed by atoms with Crippen molar-refractivity contribution in [1.82, 2.24) is 14.5 Å². The third-order valence-corrected chi connectivity index (χ3v) is 6.05. The quantitative estimate of drug-likeness (QED) is 0.714. The number of hydrogen-bond acceptors (Lipinski definition) is 4. The van der Waals surface area contributed by atoms with Crippen LogP contribution in [0.2, 0.25) is 0 Å². The van der Waals surface area contributed by atoms with Crippen molar-refractivity contribution in [1.29, 1.82) is 0 Å². The van der Waals surface area contributed by atoms with Crippen LogP contribution in [0.5, 0.6) is 0 Å². The minimum absolute atomic E-state index is 0.0569. The third kappa shape index (κ3) is 5.90. The van der Waals surface area contributed by atoms with E-state index in [1.54, 1.807) is 36.7 Å². The maximum Gasteiger partial charge on any atom is 0.244 e. The maximum atomic E-state index is 12.9. The molecule has 2 aromatic rings. The standard InChI is InChI=1S/C21H32N4O3S/c1-14(2)11-19(26)23-18-10-8-9-17(12-18)13-22-29(27,28)20-15(3)24-25(16(20)4)21(5,6)7/h8-10,12,14,22H,11,13H2,1-7H3,(H,23,26). The molecule has 1 aromatic heterocycles. The first-order valence-corrected chi connectivity index (χ1v) is 11.2. The average molecular weight is 421 g/mol. The highest BCUT2D eigenvalue weighted by Crippen LogP contribution is 2.25. The van der Waals surface area contributed by atoms with Gasteiger partial charge >= 0.3 is 0 Å². The second-order valence-corrected chi connectivity index (χ2v) is 10.5. The number of hydrogen-bond donors (Lipinski definition) is 2. The smallest absolute Gasteiger partial charge is 0.244 e. The van der Waals surface area contributed by atoms with E-state index < -0.39 is 10.0 Å². The summed E-state index contributed by atoms with van der Waals surface area (Å²) in [4.78, 5) is 12.2. The molecular weight excluding hydrogens is 388 g/mol. The molecule has 8 heteroatoms. The zero-order valence-corrected chi connectivity index (χ0v) is 19.1. The number of benzene rings is 1. The molecule has 2 N–H and O–H groups in total. The van der Waals surface area contributed by atoms with E-state index in [0.717, 1.165) is 5.56 Å². The van der Waals surface area contributed by atoms with E-state index in [9.17, 15) is 13.2 Å². The number of aryl methyl sites for hydroxylation is 1. The summed E-state index contributed by atoms with van der Waals surface area (Å²) in [5.74, 6) is 0.212. The molecule has 0 fully saturated rings. The first-order valence-electron chi connectivity index (χ1n) is 9.76. The summed E-state index contributed by atoms with van der Waals surface area (Å²) >= 11 is 0. The highest BCUT2D eigenvalue weighted by Gasteiger charge is 2.28. The molecule has 1 heterocycles. The SMILES string of the molecule is Cc1nn(C(C)(C)C)c(C)c1S(=O)(=O)NCc1cccc(NC(=O)CC(C)C)c1. The fourth-order valence-corrected chi connectivity index (χ4v) is 4.67. The second-order valence-electron chi connectivity index (χ2n) is 8.75. The number of rotatable bonds is 7. The molecular formula is C21H32N4O3S. The highest BCUT2D eigenvalue weighted by molar-refractivity contribution is 7.89. The first-order chi connectivity index (χ1) is 13.3. The zero-order chi connectivity index (χ0) is 22.0. The number of nitrogens with one attached hydrogen (secondary N) is 2. The molecule has 2 rings (SSSR count). The van der Waals surface area contributed by atoms with Gasteiger partial charge in [0.2, 0.25) is 15.9 Å². The lowest BCUT2D eigenvalue weighted by Gasteiger charge is -2.21. The monoisotopic (exact) mass is 420 g/mol. The summed E-state index contributed by atoms with van der Waals surface area (Å²) in [6, 6.07) is 7.18. The van der Waals surface area contributed by atoms with E-state index in [0.29, 0.717) is 23.5 Å². The molecule has 0 atom stereocenters. The average Bonchev–Trinajstić information content (AvgIpc) is 2.88. The molecule has 0 unspecified atom stereocenters. The lowest BCUT2D eigenvalue weighted by Crippen LogP contribution is -2.26. The molecule has 0 aliphatic carbocycles. The predicted molar refractivity (Wildman–Crippen MR) is 115 cm³/mol. The minimum Gasteiger partial charge on any atom is -0.326 e. The van der Waals surface area contributed by atoms with Crippen molar-refractivity contribution in [3.63, 3.8) is 0 Å². The van der Waals surface area contributed by atoms with E-state index in [-0.39, 0.29) is 28.8 Å². The van der Waals surface area contributed by atoms with Crippen LogP contribution in [-0.2, 0) is 26.9 Å². The van der Waals surface area contributed by atoms with Gasteiger partial charge in [-0.15, -0.1) is 0 Å². The molecule has 29 heavy (non-hydrogen) atoms. The summed E-state index contributed by atoms with van der Waals surface area (Å²) in [6.45, 7) is 13.5. The normalized spacial score (nSPS) is 12.4.